The van der Waals surface area contributed by atoms with Crippen molar-refractivity contribution in [3.8, 4) is 5.69 Å². The van der Waals surface area contributed by atoms with Crippen molar-refractivity contribution in [3.63, 3.8) is 0 Å². The zero-order chi connectivity index (χ0) is 21.2. The van der Waals surface area contributed by atoms with Crippen LogP contribution in [0.15, 0.2) is 42.7 Å². The topological polar surface area (TPSA) is 47.2 Å². The molecular formula is C24H28ClN5O. The molecule has 2 fully saturated rings. The molecule has 0 bridgehead atoms. The molecule has 5 heterocycles. The number of fused-ring (bicyclic) bond motifs is 4. The van der Waals surface area contributed by atoms with Gasteiger partial charge >= 0.3 is 0 Å². The van der Waals surface area contributed by atoms with Gasteiger partial charge in [0.15, 0.2) is 0 Å². The van der Waals surface area contributed by atoms with Gasteiger partial charge in [0.2, 0.25) is 0 Å². The number of nitrogens with zero attached hydrogens (tertiary/aromatic N) is 4. The van der Waals surface area contributed by atoms with E-state index in [1.807, 2.05) is 30.1 Å². The summed E-state index contributed by atoms with van der Waals surface area (Å²) in [5.74, 6) is 0. The van der Waals surface area contributed by atoms with Gasteiger partial charge in [0, 0.05) is 55.6 Å². The van der Waals surface area contributed by atoms with E-state index >= 15 is 0 Å². The van der Waals surface area contributed by atoms with E-state index in [2.05, 4.69) is 51.2 Å². The van der Waals surface area contributed by atoms with Gasteiger partial charge in [-0.15, -0.1) is 0 Å². The van der Waals surface area contributed by atoms with Crippen molar-refractivity contribution < 1.29 is 4.74 Å². The molecule has 1 atom stereocenters. The first-order valence-corrected chi connectivity index (χ1v) is 11.4. The third-order valence-electron chi connectivity index (χ3n) is 7.58. The second kappa shape index (κ2) is 6.86. The molecule has 0 amide bonds. The Morgan fingerprint density at radius 3 is 2.84 bits per heavy atom. The highest BCUT2D eigenvalue weighted by Gasteiger charge is 2.53. The van der Waals surface area contributed by atoms with Gasteiger partial charge in [-0.3, -0.25) is 9.58 Å². The van der Waals surface area contributed by atoms with E-state index in [0.29, 0.717) is 6.61 Å². The maximum atomic E-state index is 6.62. The predicted octanol–water partition coefficient (Wildman–Crippen LogP) is 4.25. The number of rotatable bonds is 2. The fourth-order valence-electron chi connectivity index (χ4n) is 5.67. The first-order valence-electron chi connectivity index (χ1n) is 11.1. The molecule has 0 aliphatic carbocycles. The van der Waals surface area contributed by atoms with E-state index in [1.165, 1.54) is 17.0 Å². The normalized spacial score (nSPS) is 24.4. The van der Waals surface area contributed by atoms with Crippen LogP contribution in [0.1, 0.15) is 36.2 Å². The van der Waals surface area contributed by atoms with E-state index in [4.69, 9.17) is 16.3 Å². The minimum atomic E-state index is -0.205. The second-order valence-corrected chi connectivity index (χ2v) is 9.87. The van der Waals surface area contributed by atoms with E-state index in [9.17, 15) is 0 Å². The summed E-state index contributed by atoms with van der Waals surface area (Å²) in [6, 6.07) is 10.4. The van der Waals surface area contributed by atoms with Crippen molar-refractivity contribution in [1.82, 2.24) is 19.2 Å². The molecule has 7 heteroatoms. The quantitative estimate of drug-likeness (QED) is 0.651. The standard InChI is InChI=1S/C24H28ClN5O/c1-17-18(13-26-28(17)2)14-29-10-7-23(8-11-29)15-24(16-31-23)22-4-3-9-30(22)21-6-5-19(25)12-20(21)27-24/h3-6,9,12-13,27H,7-8,10-11,14-16H2,1-2H3/t24-/m1/s1. The summed E-state index contributed by atoms with van der Waals surface area (Å²) >= 11 is 6.32. The molecule has 3 aliphatic heterocycles. The monoisotopic (exact) mass is 437 g/mol. The fourth-order valence-corrected chi connectivity index (χ4v) is 5.85. The van der Waals surface area contributed by atoms with Crippen molar-refractivity contribution in [2.45, 2.75) is 43.9 Å². The number of piperidine rings is 1. The Kier molecular flexibility index (Phi) is 4.29. The van der Waals surface area contributed by atoms with Crippen molar-refractivity contribution >= 4 is 17.3 Å². The number of aryl methyl sites for hydroxylation is 1. The maximum Gasteiger partial charge on any atom is 0.104 e. The molecule has 2 spiro atoms. The van der Waals surface area contributed by atoms with Gasteiger partial charge in [0.1, 0.15) is 5.54 Å². The Morgan fingerprint density at radius 2 is 2.06 bits per heavy atom. The Labute approximate surface area is 187 Å². The van der Waals surface area contributed by atoms with Crippen molar-refractivity contribution in [1.29, 1.82) is 0 Å². The molecule has 1 aromatic carbocycles. The Bertz CT molecular complexity index is 1140. The molecule has 2 aromatic heterocycles. The Balaban J connectivity index is 1.22. The molecule has 31 heavy (non-hydrogen) atoms. The lowest BCUT2D eigenvalue weighted by Crippen LogP contribution is -2.46. The van der Waals surface area contributed by atoms with Crippen LogP contribution in [0.2, 0.25) is 5.02 Å². The number of likely N-dealkylation sites (tertiary alicyclic amines) is 1. The summed E-state index contributed by atoms with van der Waals surface area (Å²) in [5, 5.41) is 8.98. The van der Waals surface area contributed by atoms with E-state index < -0.39 is 0 Å². The largest absolute Gasteiger partial charge is 0.372 e. The zero-order valence-electron chi connectivity index (χ0n) is 18.1. The highest BCUT2D eigenvalue weighted by Crippen LogP contribution is 2.50. The van der Waals surface area contributed by atoms with Crippen LogP contribution in [-0.4, -0.2) is 44.5 Å². The summed E-state index contributed by atoms with van der Waals surface area (Å²) in [5.41, 5.74) is 5.82. The number of nitrogens with one attached hydrogen (secondary N) is 1. The highest BCUT2D eigenvalue weighted by molar-refractivity contribution is 6.31. The summed E-state index contributed by atoms with van der Waals surface area (Å²) in [4.78, 5) is 2.54. The van der Waals surface area contributed by atoms with Gasteiger partial charge in [0.05, 0.1) is 35.5 Å². The van der Waals surface area contributed by atoms with Gasteiger partial charge in [-0.25, -0.2) is 0 Å². The van der Waals surface area contributed by atoms with Crippen LogP contribution in [0, 0.1) is 6.92 Å². The van der Waals surface area contributed by atoms with E-state index in [0.717, 1.165) is 55.3 Å². The van der Waals surface area contributed by atoms with Crippen LogP contribution in [0.25, 0.3) is 5.69 Å². The summed E-state index contributed by atoms with van der Waals surface area (Å²) in [6.07, 6.45) is 7.24. The zero-order valence-corrected chi connectivity index (χ0v) is 18.8. The van der Waals surface area contributed by atoms with Gasteiger partial charge in [-0.2, -0.15) is 5.10 Å². The third kappa shape index (κ3) is 3.04. The molecule has 1 N–H and O–H groups in total. The van der Waals surface area contributed by atoms with Gasteiger partial charge in [-0.05, 0) is 50.1 Å². The number of aromatic nitrogens is 3. The summed E-state index contributed by atoms with van der Waals surface area (Å²) in [6.45, 7) is 5.89. The van der Waals surface area contributed by atoms with Gasteiger partial charge < -0.3 is 14.6 Å². The minimum Gasteiger partial charge on any atom is -0.372 e. The van der Waals surface area contributed by atoms with Crippen LogP contribution in [-0.2, 0) is 23.9 Å². The van der Waals surface area contributed by atoms with Crippen molar-refractivity contribution in [2.75, 3.05) is 25.0 Å². The van der Waals surface area contributed by atoms with Crippen LogP contribution in [0.3, 0.4) is 0 Å². The van der Waals surface area contributed by atoms with Crippen LogP contribution in [0.5, 0.6) is 0 Å². The second-order valence-electron chi connectivity index (χ2n) is 9.44. The number of halogens is 1. The molecular weight excluding hydrogens is 410 g/mol. The maximum absolute atomic E-state index is 6.62. The number of ether oxygens (including phenoxy) is 1. The molecule has 6 rings (SSSR count). The molecule has 6 nitrogen and oxygen atoms in total. The lowest BCUT2D eigenvalue weighted by atomic mass is 9.79. The van der Waals surface area contributed by atoms with E-state index in [1.54, 1.807) is 0 Å². The summed E-state index contributed by atoms with van der Waals surface area (Å²) < 4.78 is 10.9. The first kappa shape index (κ1) is 19.4. The Hall–Kier alpha value is -2.28. The number of benzene rings is 1. The average molecular weight is 438 g/mol. The fraction of sp³-hybridized carbons (Fsp3) is 0.458. The van der Waals surface area contributed by atoms with Crippen LogP contribution >= 0.6 is 11.6 Å². The number of hydrogen-bond donors (Lipinski definition) is 1. The lowest BCUT2D eigenvalue weighted by molar-refractivity contribution is -0.0452. The average Bonchev–Trinajstić information content (AvgIpc) is 3.46. The number of anilines is 1. The van der Waals surface area contributed by atoms with Crippen molar-refractivity contribution in [2.24, 2.45) is 7.05 Å². The first-order chi connectivity index (χ1) is 15.0. The third-order valence-corrected chi connectivity index (χ3v) is 7.81. The molecule has 3 aromatic rings. The smallest absolute Gasteiger partial charge is 0.104 e. The summed E-state index contributed by atoms with van der Waals surface area (Å²) in [7, 11) is 2.01. The molecule has 162 valence electrons. The minimum absolute atomic E-state index is 0.0708. The van der Waals surface area contributed by atoms with Gasteiger partial charge in [0.25, 0.3) is 0 Å². The molecule has 0 radical (unpaired) electrons. The highest BCUT2D eigenvalue weighted by atomic mass is 35.5. The van der Waals surface area contributed by atoms with Crippen molar-refractivity contribution in [3.05, 3.63) is 64.7 Å². The molecule has 0 saturated carbocycles. The molecule has 0 unspecified atom stereocenters. The predicted molar refractivity (Wildman–Crippen MR) is 122 cm³/mol. The van der Waals surface area contributed by atoms with Crippen LogP contribution in [0.4, 0.5) is 5.69 Å². The molecule has 3 aliphatic rings. The SMILES string of the molecule is Cc1c(CN2CCC3(CC2)C[C@]2(CO3)Nc3cc(Cl)ccc3-n3cccc32)cnn1C. The molecule has 2 saturated heterocycles. The van der Waals surface area contributed by atoms with Gasteiger partial charge in [-0.1, -0.05) is 11.6 Å². The van der Waals surface area contributed by atoms with Crippen LogP contribution < -0.4 is 5.32 Å². The lowest BCUT2D eigenvalue weighted by Gasteiger charge is -2.41. The Morgan fingerprint density at radius 1 is 1.23 bits per heavy atom. The number of hydrogen-bond acceptors (Lipinski definition) is 4. The van der Waals surface area contributed by atoms with E-state index in [-0.39, 0.29) is 11.1 Å².